The van der Waals surface area contributed by atoms with Gasteiger partial charge in [0.15, 0.2) is 5.78 Å². The maximum absolute atomic E-state index is 12.2. The fourth-order valence-electron chi connectivity index (χ4n) is 2.43. The molecule has 0 heterocycles. The Morgan fingerprint density at radius 1 is 1.33 bits per heavy atom. The summed E-state index contributed by atoms with van der Waals surface area (Å²) in [6.45, 7) is 8.40. The van der Waals surface area contributed by atoms with E-state index in [4.69, 9.17) is 5.73 Å². The fourth-order valence-corrected chi connectivity index (χ4v) is 2.43. The quantitative estimate of drug-likeness (QED) is 0.780. The molecule has 2 nitrogen and oxygen atoms in total. The summed E-state index contributed by atoms with van der Waals surface area (Å²) in [5, 5.41) is 0. The number of carbonyl (C=O) groups is 1. The third-order valence-electron chi connectivity index (χ3n) is 4.27. The van der Waals surface area contributed by atoms with Gasteiger partial charge in [-0.2, -0.15) is 0 Å². The van der Waals surface area contributed by atoms with Crippen molar-refractivity contribution >= 4 is 5.78 Å². The Balaban J connectivity index is 2.62. The van der Waals surface area contributed by atoms with Gasteiger partial charge >= 0.3 is 0 Å². The molecule has 1 rings (SSSR count). The molecule has 88 valence electrons. The summed E-state index contributed by atoms with van der Waals surface area (Å²) in [7, 11) is 0. The zero-order valence-corrected chi connectivity index (χ0v) is 10.5. The summed E-state index contributed by atoms with van der Waals surface area (Å²) < 4.78 is 0. The minimum Gasteiger partial charge on any atom is -0.319 e. The Hall–Kier alpha value is -0.370. The molecule has 2 heteroatoms. The Labute approximate surface area is 93.6 Å². The van der Waals surface area contributed by atoms with Crippen molar-refractivity contribution in [2.24, 2.45) is 23.5 Å². The van der Waals surface area contributed by atoms with Gasteiger partial charge in [-0.15, -0.1) is 0 Å². The van der Waals surface area contributed by atoms with Crippen LogP contribution in [0.3, 0.4) is 0 Å². The summed E-state index contributed by atoms with van der Waals surface area (Å²) >= 11 is 0. The normalized spacial score (nSPS) is 35.9. The van der Waals surface area contributed by atoms with E-state index in [1.807, 2.05) is 13.8 Å². The molecule has 0 spiro atoms. The first-order valence-electron chi connectivity index (χ1n) is 6.21. The molecule has 4 atom stereocenters. The molecule has 0 bridgehead atoms. The average Bonchev–Trinajstić information content (AvgIpc) is 2.21. The molecule has 0 aromatic heterocycles. The van der Waals surface area contributed by atoms with Crippen LogP contribution in [0.15, 0.2) is 0 Å². The van der Waals surface area contributed by atoms with Crippen LogP contribution in [0.4, 0.5) is 0 Å². The van der Waals surface area contributed by atoms with Crippen molar-refractivity contribution in [3.8, 4) is 0 Å². The Morgan fingerprint density at radius 2 is 1.93 bits per heavy atom. The molecule has 15 heavy (non-hydrogen) atoms. The van der Waals surface area contributed by atoms with Crippen molar-refractivity contribution in [2.45, 2.75) is 58.9 Å². The van der Waals surface area contributed by atoms with Crippen LogP contribution in [0.2, 0.25) is 0 Å². The number of carbonyl (C=O) groups excluding carboxylic acids is 1. The van der Waals surface area contributed by atoms with E-state index < -0.39 is 5.54 Å². The SMILES string of the molecule is CCC(C)(N)C(=O)C1CCC(C)C(C)C1. The van der Waals surface area contributed by atoms with E-state index in [9.17, 15) is 4.79 Å². The minimum atomic E-state index is -0.606. The molecule has 1 saturated carbocycles. The maximum atomic E-state index is 12.2. The van der Waals surface area contributed by atoms with Crippen LogP contribution in [0.5, 0.6) is 0 Å². The molecule has 0 aromatic rings. The lowest BCUT2D eigenvalue weighted by atomic mass is 9.71. The lowest BCUT2D eigenvalue weighted by molar-refractivity contribution is -0.129. The summed E-state index contributed by atoms with van der Waals surface area (Å²) in [4.78, 5) is 12.2. The van der Waals surface area contributed by atoms with Crippen LogP contribution in [-0.4, -0.2) is 11.3 Å². The van der Waals surface area contributed by atoms with Gasteiger partial charge in [-0.3, -0.25) is 4.79 Å². The van der Waals surface area contributed by atoms with E-state index >= 15 is 0 Å². The number of hydrogen-bond acceptors (Lipinski definition) is 2. The molecule has 1 aliphatic rings. The van der Waals surface area contributed by atoms with E-state index in [2.05, 4.69) is 13.8 Å². The van der Waals surface area contributed by atoms with Crippen molar-refractivity contribution in [1.82, 2.24) is 0 Å². The van der Waals surface area contributed by atoms with Crippen molar-refractivity contribution in [3.05, 3.63) is 0 Å². The average molecular weight is 211 g/mol. The summed E-state index contributed by atoms with van der Waals surface area (Å²) in [5.74, 6) is 1.93. The Bertz CT molecular complexity index is 235. The van der Waals surface area contributed by atoms with E-state index in [0.29, 0.717) is 5.92 Å². The molecule has 1 aliphatic carbocycles. The molecule has 0 radical (unpaired) electrons. The van der Waals surface area contributed by atoms with Crippen LogP contribution in [-0.2, 0) is 4.79 Å². The van der Waals surface area contributed by atoms with Gasteiger partial charge in [0.2, 0.25) is 0 Å². The molecule has 0 saturated heterocycles. The van der Waals surface area contributed by atoms with Gasteiger partial charge in [0.25, 0.3) is 0 Å². The first kappa shape index (κ1) is 12.7. The second-order valence-electron chi connectivity index (χ2n) is 5.60. The summed E-state index contributed by atoms with van der Waals surface area (Å²) in [6, 6.07) is 0. The van der Waals surface area contributed by atoms with Gasteiger partial charge in [0, 0.05) is 5.92 Å². The van der Waals surface area contributed by atoms with Crippen LogP contribution >= 0.6 is 0 Å². The standard InChI is InChI=1S/C13H25NO/c1-5-13(4,14)12(15)11-7-6-9(2)10(3)8-11/h9-11H,5-8,14H2,1-4H3. The number of nitrogens with two attached hydrogens (primary N) is 1. The van der Waals surface area contributed by atoms with Gasteiger partial charge in [0.1, 0.15) is 0 Å². The monoisotopic (exact) mass is 211 g/mol. The van der Waals surface area contributed by atoms with Gasteiger partial charge in [-0.1, -0.05) is 20.8 Å². The molecule has 4 unspecified atom stereocenters. The van der Waals surface area contributed by atoms with E-state index in [1.165, 1.54) is 6.42 Å². The number of Topliss-reactive ketones (excluding diaryl/α,β-unsaturated/α-hetero) is 1. The van der Waals surface area contributed by atoms with Crippen molar-refractivity contribution in [3.63, 3.8) is 0 Å². The third kappa shape index (κ3) is 2.81. The van der Waals surface area contributed by atoms with E-state index in [-0.39, 0.29) is 11.7 Å². The number of ketones is 1. The molecule has 0 aliphatic heterocycles. The van der Waals surface area contributed by atoms with Gasteiger partial charge < -0.3 is 5.73 Å². The Kier molecular flexibility index (Phi) is 3.93. The van der Waals surface area contributed by atoms with E-state index in [0.717, 1.165) is 25.2 Å². The maximum Gasteiger partial charge on any atom is 0.155 e. The molecular weight excluding hydrogens is 186 g/mol. The van der Waals surface area contributed by atoms with Gasteiger partial charge in [0.05, 0.1) is 5.54 Å². The second-order valence-corrected chi connectivity index (χ2v) is 5.60. The molecule has 2 N–H and O–H groups in total. The molecule has 0 aromatic carbocycles. The topological polar surface area (TPSA) is 43.1 Å². The van der Waals surface area contributed by atoms with Gasteiger partial charge in [-0.25, -0.2) is 0 Å². The summed E-state index contributed by atoms with van der Waals surface area (Å²) in [6.07, 6.45) is 3.99. The zero-order valence-electron chi connectivity index (χ0n) is 10.5. The van der Waals surface area contributed by atoms with Crippen LogP contribution in [0, 0.1) is 17.8 Å². The predicted octanol–water partition coefficient (Wildman–Crippen LogP) is 2.76. The largest absolute Gasteiger partial charge is 0.319 e. The highest BCUT2D eigenvalue weighted by Crippen LogP contribution is 2.35. The first-order chi connectivity index (χ1) is 6.88. The van der Waals surface area contributed by atoms with Crippen molar-refractivity contribution < 1.29 is 4.79 Å². The Morgan fingerprint density at radius 3 is 2.40 bits per heavy atom. The highest BCUT2D eigenvalue weighted by molar-refractivity contribution is 5.89. The van der Waals surface area contributed by atoms with Crippen LogP contribution in [0.25, 0.3) is 0 Å². The number of hydrogen-bond donors (Lipinski definition) is 1. The highest BCUT2D eigenvalue weighted by atomic mass is 16.1. The first-order valence-corrected chi connectivity index (χ1v) is 6.21. The second kappa shape index (κ2) is 4.65. The smallest absolute Gasteiger partial charge is 0.155 e. The predicted molar refractivity (Wildman–Crippen MR) is 63.6 cm³/mol. The highest BCUT2D eigenvalue weighted by Gasteiger charge is 2.36. The molecule has 0 amide bonds. The fraction of sp³-hybridized carbons (Fsp3) is 0.923. The van der Waals surface area contributed by atoms with E-state index in [1.54, 1.807) is 0 Å². The minimum absolute atomic E-state index is 0.214. The van der Waals surface area contributed by atoms with Crippen LogP contribution in [0.1, 0.15) is 53.4 Å². The molecule has 1 fully saturated rings. The third-order valence-corrected chi connectivity index (χ3v) is 4.27. The molecular formula is C13H25NO. The lowest BCUT2D eigenvalue weighted by Gasteiger charge is -2.35. The van der Waals surface area contributed by atoms with Crippen molar-refractivity contribution in [1.29, 1.82) is 0 Å². The number of rotatable bonds is 3. The lowest BCUT2D eigenvalue weighted by Crippen LogP contribution is -2.48. The zero-order chi connectivity index (χ0) is 11.6. The van der Waals surface area contributed by atoms with Crippen molar-refractivity contribution in [2.75, 3.05) is 0 Å². The van der Waals surface area contributed by atoms with Crippen LogP contribution < -0.4 is 5.73 Å². The van der Waals surface area contributed by atoms with Gasteiger partial charge in [-0.05, 0) is 44.4 Å². The summed E-state index contributed by atoms with van der Waals surface area (Å²) in [5.41, 5.74) is 5.41.